The number of nitrogens with one attached hydrogen (secondary N) is 1. The van der Waals surface area contributed by atoms with E-state index in [4.69, 9.17) is 0 Å². The highest BCUT2D eigenvalue weighted by Crippen LogP contribution is 2.36. The zero-order valence-corrected chi connectivity index (χ0v) is 13.4. The molecule has 2 aromatic heterocycles. The van der Waals surface area contributed by atoms with Crippen LogP contribution in [0.2, 0.25) is 0 Å². The summed E-state index contributed by atoms with van der Waals surface area (Å²) >= 11 is 1.88. The van der Waals surface area contributed by atoms with Crippen LogP contribution in [0.5, 0.6) is 0 Å². The van der Waals surface area contributed by atoms with Gasteiger partial charge in [-0.2, -0.15) is 0 Å². The van der Waals surface area contributed by atoms with Gasteiger partial charge >= 0.3 is 0 Å². The molecule has 1 N–H and O–H groups in total. The normalized spacial score (nSPS) is 16.8. The molecule has 112 valence electrons. The summed E-state index contributed by atoms with van der Waals surface area (Å²) in [6.45, 7) is 0.886. The molecule has 5 rings (SSSR count). The van der Waals surface area contributed by atoms with Crippen molar-refractivity contribution in [1.29, 1.82) is 0 Å². The van der Waals surface area contributed by atoms with Gasteiger partial charge in [0.15, 0.2) is 0 Å². The Morgan fingerprint density at radius 3 is 2.78 bits per heavy atom. The zero-order valence-electron chi connectivity index (χ0n) is 12.6. The molecule has 0 saturated carbocycles. The topological polar surface area (TPSA) is 17.0 Å². The molecule has 0 fully saturated rings. The summed E-state index contributed by atoms with van der Waals surface area (Å²) < 4.78 is 3.67. The molecule has 1 atom stereocenters. The average Bonchev–Trinajstić information content (AvgIpc) is 3.20. The Bertz CT molecular complexity index is 962. The van der Waals surface area contributed by atoms with E-state index in [2.05, 4.69) is 82.8 Å². The van der Waals surface area contributed by atoms with Gasteiger partial charge in [-0.15, -0.1) is 11.3 Å². The van der Waals surface area contributed by atoms with E-state index in [0.29, 0.717) is 0 Å². The summed E-state index contributed by atoms with van der Waals surface area (Å²) in [5.41, 5.74) is 3.93. The van der Waals surface area contributed by atoms with Crippen molar-refractivity contribution in [2.75, 3.05) is 0 Å². The van der Waals surface area contributed by atoms with E-state index < -0.39 is 0 Å². The van der Waals surface area contributed by atoms with Crippen molar-refractivity contribution < 1.29 is 0 Å². The molecule has 23 heavy (non-hydrogen) atoms. The van der Waals surface area contributed by atoms with Gasteiger partial charge in [-0.25, -0.2) is 0 Å². The fourth-order valence-corrected chi connectivity index (χ4v) is 4.60. The third kappa shape index (κ3) is 2.05. The van der Waals surface area contributed by atoms with Crippen LogP contribution in [0.1, 0.15) is 22.2 Å². The van der Waals surface area contributed by atoms with Crippen molar-refractivity contribution in [3.63, 3.8) is 0 Å². The SMILES string of the molecule is c1ccc2c(c1)CNC(c1cc3ccccc3s1)c1cccn1-2. The number of thiophene rings is 1. The number of aromatic nitrogens is 1. The van der Waals surface area contributed by atoms with Gasteiger partial charge < -0.3 is 9.88 Å². The van der Waals surface area contributed by atoms with Crippen LogP contribution in [0.15, 0.2) is 72.9 Å². The predicted molar refractivity (Wildman–Crippen MR) is 96.3 cm³/mol. The van der Waals surface area contributed by atoms with Gasteiger partial charge in [0.1, 0.15) is 0 Å². The summed E-state index contributed by atoms with van der Waals surface area (Å²) in [5.74, 6) is 0. The highest BCUT2D eigenvalue weighted by atomic mass is 32.1. The first-order valence-corrected chi connectivity index (χ1v) is 8.69. The quantitative estimate of drug-likeness (QED) is 0.529. The Hall–Kier alpha value is -2.36. The first-order valence-electron chi connectivity index (χ1n) is 7.87. The lowest BCUT2D eigenvalue weighted by atomic mass is 10.1. The summed E-state index contributed by atoms with van der Waals surface area (Å²) in [6, 6.07) is 24.2. The molecular weight excluding hydrogens is 300 g/mol. The van der Waals surface area contributed by atoms with Gasteiger partial charge in [0, 0.05) is 33.7 Å². The molecule has 2 nitrogen and oxygen atoms in total. The third-order valence-corrected chi connectivity index (χ3v) is 5.73. The Balaban J connectivity index is 1.68. The fraction of sp³-hybridized carbons (Fsp3) is 0.100. The lowest BCUT2D eigenvalue weighted by Crippen LogP contribution is -2.20. The lowest BCUT2D eigenvalue weighted by Gasteiger charge is -2.15. The van der Waals surface area contributed by atoms with Crippen LogP contribution in [-0.2, 0) is 6.54 Å². The Kier molecular flexibility index (Phi) is 2.90. The number of fused-ring (bicyclic) bond motifs is 4. The van der Waals surface area contributed by atoms with E-state index in [1.54, 1.807) is 0 Å². The summed E-state index contributed by atoms with van der Waals surface area (Å²) in [6.07, 6.45) is 2.17. The molecule has 0 saturated heterocycles. The van der Waals surface area contributed by atoms with E-state index in [1.807, 2.05) is 11.3 Å². The van der Waals surface area contributed by atoms with Gasteiger partial charge in [-0.1, -0.05) is 36.4 Å². The summed E-state index contributed by atoms with van der Waals surface area (Å²) in [7, 11) is 0. The first kappa shape index (κ1) is 13.1. The van der Waals surface area contributed by atoms with Crippen LogP contribution >= 0.6 is 11.3 Å². The van der Waals surface area contributed by atoms with Crippen molar-refractivity contribution in [3.05, 3.63) is 89.1 Å². The highest BCUT2D eigenvalue weighted by Gasteiger charge is 2.23. The standard InChI is InChI=1S/C20H16N2S/c1-3-8-16-15(7-1)13-21-20(17-9-5-11-22(16)17)19-12-14-6-2-4-10-18(14)23-19/h1-12,20-21H,13H2. The number of hydrogen-bond donors (Lipinski definition) is 1. The maximum absolute atomic E-state index is 3.75. The third-order valence-electron chi connectivity index (χ3n) is 4.55. The van der Waals surface area contributed by atoms with E-state index in [9.17, 15) is 0 Å². The van der Waals surface area contributed by atoms with Crippen molar-refractivity contribution in [2.45, 2.75) is 12.6 Å². The molecule has 2 aromatic carbocycles. The molecule has 1 aliphatic heterocycles. The molecular formula is C20H16N2S. The Labute approximate surface area is 139 Å². The fourth-order valence-electron chi connectivity index (χ4n) is 3.45. The number of para-hydroxylation sites is 1. The average molecular weight is 316 g/mol. The number of nitrogens with zero attached hydrogens (tertiary/aromatic N) is 1. The Morgan fingerprint density at radius 1 is 0.957 bits per heavy atom. The molecule has 0 radical (unpaired) electrons. The molecule has 0 aliphatic carbocycles. The van der Waals surface area contributed by atoms with Gasteiger partial charge in [0.05, 0.1) is 6.04 Å². The van der Waals surface area contributed by atoms with Crippen molar-refractivity contribution in [2.24, 2.45) is 0 Å². The summed E-state index contributed by atoms with van der Waals surface area (Å²) in [5, 5.41) is 5.07. The molecule has 1 unspecified atom stereocenters. The van der Waals surface area contributed by atoms with E-state index in [1.165, 1.54) is 31.9 Å². The second-order valence-corrected chi connectivity index (χ2v) is 7.05. The number of benzene rings is 2. The van der Waals surface area contributed by atoms with Crippen molar-refractivity contribution in [1.82, 2.24) is 9.88 Å². The summed E-state index contributed by atoms with van der Waals surface area (Å²) in [4.78, 5) is 1.37. The largest absolute Gasteiger partial charge is 0.319 e. The van der Waals surface area contributed by atoms with Crippen molar-refractivity contribution >= 4 is 21.4 Å². The van der Waals surface area contributed by atoms with Crippen LogP contribution in [0.25, 0.3) is 15.8 Å². The highest BCUT2D eigenvalue weighted by molar-refractivity contribution is 7.19. The molecule has 0 spiro atoms. The second-order valence-electron chi connectivity index (χ2n) is 5.93. The van der Waals surface area contributed by atoms with Crippen LogP contribution in [0.4, 0.5) is 0 Å². The first-order chi connectivity index (χ1) is 11.4. The smallest absolute Gasteiger partial charge is 0.0831 e. The van der Waals surface area contributed by atoms with Gasteiger partial charge in [0.2, 0.25) is 0 Å². The molecule has 0 amide bonds. The van der Waals surface area contributed by atoms with Crippen molar-refractivity contribution in [3.8, 4) is 5.69 Å². The minimum Gasteiger partial charge on any atom is -0.319 e. The number of hydrogen-bond acceptors (Lipinski definition) is 2. The predicted octanol–water partition coefficient (Wildman–Crippen LogP) is 4.88. The van der Waals surface area contributed by atoms with E-state index in [-0.39, 0.29) is 6.04 Å². The van der Waals surface area contributed by atoms with Gasteiger partial charge in [0.25, 0.3) is 0 Å². The number of rotatable bonds is 1. The minimum absolute atomic E-state index is 0.231. The van der Waals surface area contributed by atoms with Gasteiger partial charge in [-0.3, -0.25) is 0 Å². The van der Waals surface area contributed by atoms with E-state index in [0.717, 1.165) is 6.54 Å². The molecule has 3 heteroatoms. The monoisotopic (exact) mass is 316 g/mol. The lowest BCUT2D eigenvalue weighted by molar-refractivity contribution is 0.609. The molecule has 4 aromatic rings. The maximum Gasteiger partial charge on any atom is 0.0831 e. The second kappa shape index (κ2) is 5.08. The maximum atomic E-state index is 3.75. The van der Waals surface area contributed by atoms with Crippen LogP contribution in [0, 0.1) is 0 Å². The van der Waals surface area contributed by atoms with Crippen LogP contribution in [-0.4, -0.2) is 4.57 Å². The zero-order chi connectivity index (χ0) is 15.2. The molecule has 0 bridgehead atoms. The minimum atomic E-state index is 0.231. The van der Waals surface area contributed by atoms with Gasteiger partial charge in [-0.05, 0) is 41.3 Å². The molecule has 3 heterocycles. The molecule has 1 aliphatic rings. The van der Waals surface area contributed by atoms with Crippen LogP contribution in [0.3, 0.4) is 0 Å². The van der Waals surface area contributed by atoms with Crippen LogP contribution < -0.4 is 5.32 Å². The van der Waals surface area contributed by atoms with E-state index >= 15 is 0 Å². The Morgan fingerprint density at radius 2 is 1.83 bits per heavy atom.